The quantitative estimate of drug-likeness (QED) is 0.565. The van der Waals surface area contributed by atoms with Gasteiger partial charge in [-0.15, -0.1) is 0 Å². The zero-order valence-electron chi connectivity index (χ0n) is 17.1. The van der Waals surface area contributed by atoms with E-state index in [0.717, 1.165) is 69.1 Å². The molecule has 1 fully saturated rings. The van der Waals surface area contributed by atoms with Crippen molar-refractivity contribution in [3.8, 4) is 0 Å². The number of guanidine groups is 1. The Balaban J connectivity index is 1.41. The zero-order valence-corrected chi connectivity index (χ0v) is 18.0. The van der Waals surface area contributed by atoms with E-state index >= 15 is 0 Å². The van der Waals surface area contributed by atoms with Crippen molar-refractivity contribution in [1.82, 2.24) is 24.5 Å². The van der Waals surface area contributed by atoms with Gasteiger partial charge in [0.15, 0.2) is 5.96 Å². The van der Waals surface area contributed by atoms with Crippen LogP contribution in [0.5, 0.6) is 0 Å². The van der Waals surface area contributed by atoms with Crippen molar-refractivity contribution in [2.75, 3.05) is 58.3 Å². The molecule has 0 radical (unpaired) electrons. The van der Waals surface area contributed by atoms with Gasteiger partial charge in [-0.3, -0.25) is 4.99 Å². The third-order valence-electron chi connectivity index (χ3n) is 4.91. The summed E-state index contributed by atoms with van der Waals surface area (Å²) in [6.45, 7) is 8.70. The van der Waals surface area contributed by atoms with E-state index in [4.69, 9.17) is 0 Å². The second-order valence-electron chi connectivity index (χ2n) is 7.02. The van der Waals surface area contributed by atoms with Gasteiger partial charge in [0.05, 0.1) is 0 Å². The summed E-state index contributed by atoms with van der Waals surface area (Å²) in [5, 5.41) is 4.56. The number of aliphatic imine (C=N–C) groups is 1. The SMILES string of the molecule is CCc1nsc(N2CCN(C(=NC)NCCN(C)Cc3ccccc3)CC2)n1. The molecule has 2 aromatic rings. The van der Waals surface area contributed by atoms with Crippen LogP contribution in [0.2, 0.25) is 0 Å². The largest absolute Gasteiger partial charge is 0.355 e. The number of anilines is 1. The molecule has 28 heavy (non-hydrogen) atoms. The number of hydrogen-bond donors (Lipinski definition) is 1. The van der Waals surface area contributed by atoms with Crippen LogP contribution in [0.1, 0.15) is 18.3 Å². The van der Waals surface area contributed by atoms with Crippen LogP contribution in [-0.2, 0) is 13.0 Å². The second-order valence-corrected chi connectivity index (χ2v) is 7.75. The standard InChI is InChI=1S/C20H31N7S/c1-4-18-23-20(28-24-18)27-14-12-26(13-15-27)19(21-2)22-10-11-25(3)16-17-8-6-5-7-9-17/h5-9H,4,10-16H2,1-3H3,(H,21,22). The minimum absolute atomic E-state index is 0.881. The van der Waals surface area contributed by atoms with E-state index in [1.165, 1.54) is 17.1 Å². The van der Waals surface area contributed by atoms with Crippen LogP contribution in [0.25, 0.3) is 0 Å². The fourth-order valence-corrected chi connectivity index (χ4v) is 4.09. The number of nitrogens with zero attached hydrogens (tertiary/aromatic N) is 6. The van der Waals surface area contributed by atoms with Gasteiger partial charge < -0.3 is 20.0 Å². The first-order chi connectivity index (χ1) is 13.7. The van der Waals surface area contributed by atoms with E-state index in [0.29, 0.717) is 0 Å². The summed E-state index contributed by atoms with van der Waals surface area (Å²) in [6, 6.07) is 10.6. The van der Waals surface area contributed by atoms with Crippen molar-refractivity contribution in [3.05, 3.63) is 41.7 Å². The van der Waals surface area contributed by atoms with Crippen LogP contribution in [0.4, 0.5) is 5.13 Å². The number of aryl methyl sites for hydroxylation is 1. The fourth-order valence-electron chi connectivity index (χ4n) is 3.29. The van der Waals surface area contributed by atoms with Gasteiger partial charge >= 0.3 is 0 Å². The van der Waals surface area contributed by atoms with Crippen molar-refractivity contribution in [3.63, 3.8) is 0 Å². The van der Waals surface area contributed by atoms with Gasteiger partial charge in [-0.1, -0.05) is 37.3 Å². The molecule has 8 heteroatoms. The third-order valence-corrected chi connectivity index (χ3v) is 5.72. The lowest BCUT2D eigenvalue weighted by Gasteiger charge is -2.36. The Morgan fingerprint density at radius 2 is 1.96 bits per heavy atom. The Bertz CT molecular complexity index is 738. The van der Waals surface area contributed by atoms with Gasteiger partial charge in [-0.25, -0.2) is 4.98 Å². The maximum atomic E-state index is 4.61. The molecule has 7 nitrogen and oxygen atoms in total. The molecule has 3 rings (SSSR count). The van der Waals surface area contributed by atoms with Crippen LogP contribution in [0.3, 0.4) is 0 Å². The van der Waals surface area contributed by atoms with E-state index in [2.05, 4.69) is 78.7 Å². The Kier molecular flexibility index (Phi) is 7.62. The molecular formula is C20H31N7S. The topological polar surface area (TPSA) is 59.9 Å². The lowest BCUT2D eigenvalue weighted by atomic mass is 10.2. The van der Waals surface area contributed by atoms with Crippen molar-refractivity contribution in [2.24, 2.45) is 4.99 Å². The molecule has 0 spiro atoms. The first kappa shape index (κ1) is 20.5. The molecule has 152 valence electrons. The summed E-state index contributed by atoms with van der Waals surface area (Å²) in [4.78, 5) is 16.1. The smallest absolute Gasteiger partial charge is 0.205 e. The maximum Gasteiger partial charge on any atom is 0.205 e. The minimum Gasteiger partial charge on any atom is -0.355 e. The molecule has 1 aliphatic rings. The summed E-state index contributed by atoms with van der Waals surface area (Å²) in [7, 11) is 4.02. The molecule has 1 saturated heterocycles. The van der Waals surface area contributed by atoms with E-state index in [1.54, 1.807) is 0 Å². The van der Waals surface area contributed by atoms with E-state index in [1.807, 2.05) is 7.05 Å². The Hall–Kier alpha value is -2.19. The number of benzene rings is 1. The van der Waals surface area contributed by atoms with E-state index in [-0.39, 0.29) is 0 Å². The van der Waals surface area contributed by atoms with Crippen LogP contribution < -0.4 is 10.2 Å². The zero-order chi connectivity index (χ0) is 19.8. The number of nitrogens with one attached hydrogen (secondary N) is 1. The van der Waals surface area contributed by atoms with Crippen LogP contribution in [0, 0.1) is 0 Å². The van der Waals surface area contributed by atoms with Gasteiger partial charge in [0.1, 0.15) is 5.82 Å². The molecule has 1 N–H and O–H groups in total. The summed E-state index contributed by atoms with van der Waals surface area (Å²) in [6.07, 6.45) is 0.895. The van der Waals surface area contributed by atoms with Gasteiger partial charge in [0.25, 0.3) is 0 Å². The normalized spacial score (nSPS) is 15.4. The Morgan fingerprint density at radius 1 is 1.21 bits per heavy atom. The maximum absolute atomic E-state index is 4.61. The summed E-state index contributed by atoms with van der Waals surface area (Å²) >= 11 is 1.51. The average molecular weight is 402 g/mol. The van der Waals surface area contributed by atoms with Crippen molar-refractivity contribution in [1.29, 1.82) is 0 Å². The molecular weight excluding hydrogens is 370 g/mol. The van der Waals surface area contributed by atoms with Crippen molar-refractivity contribution in [2.45, 2.75) is 19.9 Å². The molecule has 2 heterocycles. The fraction of sp³-hybridized carbons (Fsp3) is 0.550. The van der Waals surface area contributed by atoms with Crippen molar-refractivity contribution < 1.29 is 0 Å². The summed E-state index contributed by atoms with van der Waals surface area (Å²) in [5.41, 5.74) is 1.34. The van der Waals surface area contributed by atoms with Crippen molar-refractivity contribution >= 4 is 22.6 Å². The molecule has 1 aromatic heterocycles. The Morgan fingerprint density at radius 3 is 2.61 bits per heavy atom. The molecule has 1 aromatic carbocycles. The third kappa shape index (κ3) is 5.65. The summed E-state index contributed by atoms with van der Waals surface area (Å²) in [5.74, 6) is 1.93. The number of hydrogen-bond acceptors (Lipinski definition) is 6. The van der Waals surface area contributed by atoms with Gasteiger partial charge in [-0.2, -0.15) is 4.37 Å². The predicted octanol–water partition coefficient (Wildman–Crippen LogP) is 1.93. The number of aromatic nitrogens is 2. The molecule has 0 saturated carbocycles. The highest BCUT2D eigenvalue weighted by molar-refractivity contribution is 7.09. The highest BCUT2D eigenvalue weighted by Crippen LogP contribution is 2.19. The minimum atomic E-state index is 0.881. The van der Waals surface area contributed by atoms with Crippen LogP contribution >= 0.6 is 11.5 Å². The molecule has 0 unspecified atom stereocenters. The number of piperazine rings is 1. The van der Waals surface area contributed by atoms with Gasteiger partial charge in [-0.05, 0) is 12.6 Å². The van der Waals surface area contributed by atoms with E-state index in [9.17, 15) is 0 Å². The van der Waals surface area contributed by atoms with Crippen LogP contribution in [-0.4, -0.2) is 78.5 Å². The Labute approximate surface area is 172 Å². The predicted molar refractivity (Wildman–Crippen MR) is 117 cm³/mol. The summed E-state index contributed by atoms with van der Waals surface area (Å²) < 4.78 is 4.40. The lowest BCUT2D eigenvalue weighted by Crippen LogP contribution is -2.53. The van der Waals surface area contributed by atoms with Gasteiger partial charge in [0.2, 0.25) is 5.13 Å². The second kappa shape index (κ2) is 10.4. The van der Waals surface area contributed by atoms with Crippen LogP contribution in [0.15, 0.2) is 35.3 Å². The lowest BCUT2D eigenvalue weighted by molar-refractivity contribution is 0.324. The van der Waals surface area contributed by atoms with Gasteiger partial charge in [0, 0.05) is 70.8 Å². The first-order valence-corrected chi connectivity index (χ1v) is 10.7. The molecule has 0 bridgehead atoms. The molecule has 1 aliphatic heterocycles. The first-order valence-electron chi connectivity index (χ1n) is 9.95. The monoisotopic (exact) mass is 401 g/mol. The highest BCUT2D eigenvalue weighted by atomic mass is 32.1. The molecule has 0 atom stereocenters. The molecule has 0 amide bonds. The van der Waals surface area contributed by atoms with E-state index < -0.39 is 0 Å². The molecule has 0 aliphatic carbocycles. The average Bonchev–Trinajstić information content (AvgIpc) is 3.21. The number of rotatable bonds is 7. The number of likely N-dealkylation sites (N-methyl/N-ethyl adjacent to an activating group) is 1. The highest BCUT2D eigenvalue weighted by Gasteiger charge is 2.21.